The molecular formula is C19H20ClNO3. The van der Waals surface area contributed by atoms with E-state index in [0.29, 0.717) is 33.5 Å². The van der Waals surface area contributed by atoms with Crippen LogP contribution in [0.15, 0.2) is 39.5 Å². The molecule has 0 radical (unpaired) electrons. The molecule has 3 rings (SSSR count). The van der Waals surface area contributed by atoms with E-state index >= 15 is 0 Å². The molecule has 126 valence electrons. The van der Waals surface area contributed by atoms with Crippen LogP contribution in [0.3, 0.4) is 0 Å². The Hall–Kier alpha value is -2.04. The Morgan fingerprint density at radius 1 is 1.12 bits per heavy atom. The molecule has 0 amide bonds. The van der Waals surface area contributed by atoms with Crippen LogP contribution in [0.2, 0.25) is 5.02 Å². The summed E-state index contributed by atoms with van der Waals surface area (Å²) in [5.74, 6) is 0.721. The summed E-state index contributed by atoms with van der Waals surface area (Å²) in [5.41, 5.74) is 1.90. The molecule has 0 aliphatic heterocycles. The molecule has 0 unspecified atom stereocenters. The maximum absolute atomic E-state index is 12.8. The molecule has 24 heavy (non-hydrogen) atoms. The zero-order valence-electron chi connectivity index (χ0n) is 14.1. The molecule has 0 saturated carbocycles. The average Bonchev–Trinajstić information content (AvgIpc) is 2.59. The molecule has 0 spiro atoms. The molecule has 3 aromatic rings. The second-order valence-electron chi connectivity index (χ2n) is 5.66. The molecule has 5 heteroatoms. The SMILES string of the molecule is CCN(CC)Cc1c(OC)ccc2c(=O)c3ccc(Cl)cc3oc12. The van der Waals surface area contributed by atoms with Crippen molar-refractivity contribution in [2.75, 3.05) is 20.2 Å². The first-order valence-electron chi connectivity index (χ1n) is 8.03. The number of methoxy groups -OCH3 is 1. The summed E-state index contributed by atoms with van der Waals surface area (Å²) in [6.45, 7) is 6.67. The van der Waals surface area contributed by atoms with Gasteiger partial charge in [-0.25, -0.2) is 0 Å². The predicted molar refractivity (Wildman–Crippen MR) is 98.2 cm³/mol. The highest BCUT2D eigenvalue weighted by atomic mass is 35.5. The fourth-order valence-electron chi connectivity index (χ4n) is 2.94. The van der Waals surface area contributed by atoms with Crippen molar-refractivity contribution >= 4 is 33.5 Å². The van der Waals surface area contributed by atoms with Crippen LogP contribution in [0.25, 0.3) is 21.9 Å². The van der Waals surface area contributed by atoms with Gasteiger partial charge >= 0.3 is 0 Å². The van der Waals surface area contributed by atoms with Crippen molar-refractivity contribution in [3.05, 3.63) is 51.1 Å². The van der Waals surface area contributed by atoms with E-state index in [0.717, 1.165) is 24.4 Å². The summed E-state index contributed by atoms with van der Waals surface area (Å²) in [6, 6.07) is 8.68. The van der Waals surface area contributed by atoms with Crippen molar-refractivity contribution in [1.29, 1.82) is 0 Å². The summed E-state index contributed by atoms with van der Waals surface area (Å²) in [7, 11) is 1.63. The number of rotatable bonds is 5. The van der Waals surface area contributed by atoms with Crippen LogP contribution in [-0.4, -0.2) is 25.1 Å². The number of halogens is 1. The first kappa shape index (κ1) is 16.8. The molecule has 0 fully saturated rings. The van der Waals surface area contributed by atoms with Gasteiger partial charge in [-0.2, -0.15) is 0 Å². The maximum Gasteiger partial charge on any atom is 0.200 e. The van der Waals surface area contributed by atoms with Crippen LogP contribution in [0.1, 0.15) is 19.4 Å². The van der Waals surface area contributed by atoms with Gasteiger partial charge in [0.05, 0.1) is 23.4 Å². The van der Waals surface area contributed by atoms with Crippen LogP contribution in [0, 0.1) is 0 Å². The van der Waals surface area contributed by atoms with E-state index in [-0.39, 0.29) is 5.43 Å². The van der Waals surface area contributed by atoms with E-state index in [2.05, 4.69) is 18.7 Å². The van der Waals surface area contributed by atoms with Gasteiger partial charge in [0.15, 0.2) is 0 Å². The largest absolute Gasteiger partial charge is 0.496 e. The lowest BCUT2D eigenvalue weighted by Crippen LogP contribution is -2.22. The van der Waals surface area contributed by atoms with Gasteiger partial charge in [-0.1, -0.05) is 25.4 Å². The smallest absolute Gasteiger partial charge is 0.200 e. The molecule has 0 bridgehead atoms. The van der Waals surface area contributed by atoms with Gasteiger partial charge in [-0.15, -0.1) is 0 Å². The van der Waals surface area contributed by atoms with Crippen molar-refractivity contribution in [2.45, 2.75) is 20.4 Å². The third kappa shape index (κ3) is 2.87. The number of ether oxygens (including phenoxy) is 1. The van der Waals surface area contributed by atoms with E-state index in [4.69, 9.17) is 20.8 Å². The van der Waals surface area contributed by atoms with E-state index in [1.165, 1.54) is 0 Å². The lowest BCUT2D eigenvalue weighted by molar-refractivity contribution is 0.289. The summed E-state index contributed by atoms with van der Waals surface area (Å²) in [4.78, 5) is 15.1. The van der Waals surface area contributed by atoms with Crippen LogP contribution in [0.4, 0.5) is 0 Å². The van der Waals surface area contributed by atoms with Crippen LogP contribution < -0.4 is 10.2 Å². The first-order valence-corrected chi connectivity index (χ1v) is 8.41. The lowest BCUT2D eigenvalue weighted by atomic mass is 10.1. The summed E-state index contributed by atoms with van der Waals surface area (Å²) < 4.78 is 11.6. The quantitative estimate of drug-likeness (QED) is 0.641. The van der Waals surface area contributed by atoms with Gasteiger partial charge in [0.25, 0.3) is 0 Å². The van der Waals surface area contributed by atoms with Crippen molar-refractivity contribution in [1.82, 2.24) is 4.90 Å². The fraction of sp³-hybridized carbons (Fsp3) is 0.316. The fourth-order valence-corrected chi connectivity index (χ4v) is 3.10. The van der Waals surface area contributed by atoms with Gasteiger partial charge in [0.1, 0.15) is 16.9 Å². The summed E-state index contributed by atoms with van der Waals surface area (Å²) >= 11 is 6.05. The Bertz CT molecular complexity index is 945. The number of hydrogen-bond acceptors (Lipinski definition) is 4. The Morgan fingerprint density at radius 2 is 1.83 bits per heavy atom. The monoisotopic (exact) mass is 345 g/mol. The van der Waals surface area contributed by atoms with E-state index in [1.807, 2.05) is 6.07 Å². The molecule has 0 saturated heterocycles. The molecule has 0 N–H and O–H groups in total. The number of hydrogen-bond donors (Lipinski definition) is 0. The standard InChI is InChI=1S/C19H20ClNO3/c1-4-21(5-2)11-15-16(23-3)9-8-14-18(22)13-7-6-12(20)10-17(13)24-19(14)15/h6-10H,4-5,11H2,1-3H3. The van der Waals surface area contributed by atoms with Gasteiger partial charge in [0, 0.05) is 17.6 Å². The second kappa shape index (κ2) is 6.83. The highest BCUT2D eigenvalue weighted by molar-refractivity contribution is 6.31. The maximum atomic E-state index is 12.8. The minimum absolute atomic E-state index is 0.0497. The first-order chi connectivity index (χ1) is 11.6. The van der Waals surface area contributed by atoms with Crippen LogP contribution >= 0.6 is 11.6 Å². The van der Waals surface area contributed by atoms with Crippen molar-refractivity contribution in [3.8, 4) is 5.75 Å². The van der Waals surface area contributed by atoms with Crippen molar-refractivity contribution in [2.24, 2.45) is 0 Å². The zero-order valence-corrected chi connectivity index (χ0v) is 14.8. The Kier molecular flexibility index (Phi) is 4.78. The normalized spacial score (nSPS) is 11.5. The van der Waals surface area contributed by atoms with E-state index < -0.39 is 0 Å². The number of fused-ring (bicyclic) bond motifs is 2. The molecule has 0 aliphatic rings. The topological polar surface area (TPSA) is 42.7 Å². The summed E-state index contributed by atoms with van der Waals surface area (Å²) in [5, 5.41) is 1.64. The van der Waals surface area contributed by atoms with Crippen molar-refractivity contribution < 1.29 is 9.15 Å². The third-order valence-electron chi connectivity index (χ3n) is 4.36. The molecule has 0 atom stereocenters. The predicted octanol–water partition coefficient (Wildman–Crippen LogP) is 4.45. The molecule has 1 aromatic heterocycles. The average molecular weight is 346 g/mol. The van der Waals surface area contributed by atoms with Gasteiger partial charge in [0.2, 0.25) is 5.43 Å². The highest BCUT2D eigenvalue weighted by Gasteiger charge is 2.17. The minimum atomic E-state index is -0.0497. The lowest BCUT2D eigenvalue weighted by Gasteiger charge is -2.20. The van der Waals surface area contributed by atoms with Gasteiger partial charge in [-0.3, -0.25) is 9.69 Å². The van der Waals surface area contributed by atoms with E-state index in [1.54, 1.807) is 31.4 Å². The molecule has 4 nitrogen and oxygen atoms in total. The zero-order chi connectivity index (χ0) is 17.3. The molecule has 1 heterocycles. The third-order valence-corrected chi connectivity index (χ3v) is 4.59. The van der Waals surface area contributed by atoms with Crippen LogP contribution in [0.5, 0.6) is 5.75 Å². The molecule has 2 aromatic carbocycles. The van der Waals surface area contributed by atoms with Crippen molar-refractivity contribution in [3.63, 3.8) is 0 Å². The molecular weight excluding hydrogens is 326 g/mol. The van der Waals surface area contributed by atoms with Gasteiger partial charge in [-0.05, 0) is 37.4 Å². The Balaban J connectivity index is 2.34. The number of benzene rings is 2. The second-order valence-corrected chi connectivity index (χ2v) is 6.09. The van der Waals surface area contributed by atoms with E-state index in [9.17, 15) is 4.79 Å². The van der Waals surface area contributed by atoms with Crippen LogP contribution in [-0.2, 0) is 6.54 Å². The van der Waals surface area contributed by atoms with Gasteiger partial charge < -0.3 is 9.15 Å². The Labute approximate surface area is 145 Å². The molecule has 0 aliphatic carbocycles. The minimum Gasteiger partial charge on any atom is -0.496 e. The summed E-state index contributed by atoms with van der Waals surface area (Å²) in [6.07, 6.45) is 0. The number of nitrogens with zero attached hydrogens (tertiary/aromatic N) is 1. The highest BCUT2D eigenvalue weighted by Crippen LogP contribution is 2.30. The Morgan fingerprint density at radius 3 is 2.50 bits per heavy atom.